The summed E-state index contributed by atoms with van der Waals surface area (Å²) >= 11 is 0. The summed E-state index contributed by atoms with van der Waals surface area (Å²) in [6.07, 6.45) is 5.55. The van der Waals surface area contributed by atoms with Crippen molar-refractivity contribution in [1.29, 1.82) is 0 Å². The van der Waals surface area contributed by atoms with Crippen molar-refractivity contribution >= 4 is 17.8 Å². The van der Waals surface area contributed by atoms with Crippen LogP contribution in [-0.2, 0) is 19.1 Å². The van der Waals surface area contributed by atoms with E-state index >= 15 is 0 Å². The topological polar surface area (TPSA) is 95.9 Å². The van der Waals surface area contributed by atoms with Crippen LogP contribution in [0.5, 0.6) is 0 Å². The third kappa shape index (κ3) is 4.24. The normalized spacial score (nSPS) is 30.3. The molecule has 1 saturated heterocycles. The third-order valence-corrected chi connectivity index (χ3v) is 5.67. The molecule has 0 spiro atoms. The number of nitrogens with one attached hydrogen (secondary N) is 1. The number of carbonyl (C=O) groups is 3. The zero-order chi connectivity index (χ0) is 21.0. The van der Waals surface area contributed by atoms with Crippen LogP contribution in [-0.4, -0.2) is 59.1 Å². The number of aliphatic hydroxyl groups excluding tert-OH is 1. The SMILES string of the molecule is CCC[C@@H]1C=C[C@H]2[C@H](C(=O)N([C@H](C)CO)[C@@H]2C(=O)NC(C)C)[C@@H]1C(=O)OCC. The Morgan fingerprint density at radius 1 is 1.25 bits per heavy atom. The number of allylic oxidation sites excluding steroid dienone is 1. The van der Waals surface area contributed by atoms with E-state index in [1.165, 1.54) is 4.90 Å². The van der Waals surface area contributed by atoms with Crippen LogP contribution in [0.15, 0.2) is 12.2 Å². The molecule has 0 radical (unpaired) electrons. The summed E-state index contributed by atoms with van der Waals surface area (Å²) in [6.45, 7) is 9.23. The number of carbonyl (C=O) groups excluding carboxylic acids is 3. The zero-order valence-electron chi connectivity index (χ0n) is 17.6. The van der Waals surface area contributed by atoms with Crippen molar-refractivity contribution in [2.24, 2.45) is 23.7 Å². The molecule has 7 heteroatoms. The van der Waals surface area contributed by atoms with Crippen LogP contribution in [0.4, 0.5) is 0 Å². The maximum Gasteiger partial charge on any atom is 0.310 e. The first-order valence-corrected chi connectivity index (χ1v) is 10.4. The molecule has 1 aliphatic heterocycles. The first-order chi connectivity index (χ1) is 13.3. The van der Waals surface area contributed by atoms with Crippen LogP contribution in [0, 0.1) is 23.7 Å². The fourth-order valence-electron chi connectivity index (χ4n) is 4.55. The molecule has 0 unspecified atom stereocenters. The predicted molar refractivity (Wildman–Crippen MR) is 105 cm³/mol. The van der Waals surface area contributed by atoms with Gasteiger partial charge in [0.2, 0.25) is 11.8 Å². The van der Waals surface area contributed by atoms with Crippen molar-refractivity contribution in [3.05, 3.63) is 12.2 Å². The van der Waals surface area contributed by atoms with Gasteiger partial charge in [0, 0.05) is 12.0 Å². The van der Waals surface area contributed by atoms with Crippen LogP contribution in [0.3, 0.4) is 0 Å². The highest BCUT2D eigenvalue weighted by molar-refractivity contribution is 5.96. The van der Waals surface area contributed by atoms with Crippen molar-refractivity contribution in [3.63, 3.8) is 0 Å². The molecule has 0 saturated carbocycles. The van der Waals surface area contributed by atoms with E-state index in [2.05, 4.69) is 5.32 Å². The number of hydrogen-bond donors (Lipinski definition) is 2. The van der Waals surface area contributed by atoms with E-state index in [1.54, 1.807) is 13.8 Å². The molecule has 1 fully saturated rings. The third-order valence-electron chi connectivity index (χ3n) is 5.67. The minimum Gasteiger partial charge on any atom is -0.466 e. The van der Waals surface area contributed by atoms with Gasteiger partial charge in [0.1, 0.15) is 6.04 Å². The quantitative estimate of drug-likeness (QED) is 0.480. The smallest absolute Gasteiger partial charge is 0.310 e. The molecule has 0 aromatic heterocycles. The molecule has 2 N–H and O–H groups in total. The number of aliphatic hydroxyl groups is 1. The van der Waals surface area contributed by atoms with Crippen molar-refractivity contribution in [2.75, 3.05) is 13.2 Å². The summed E-state index contributed by atoms with van der Waals surface area (Å²) in [7, 11) is 0. The van der Waals surface area contributed by atoms with Crippen LogP contribution in [0.2, 0.25) is 0 Å². The highest BCUT2D eigenvalue weighted by Gasteiger charge is 2.58. The number of esters is 1. The molecule has 0 aromatic rings. The maximum absolute atomic E-state index is 13.4. The van der Waals surface area contributed by atoms with Gasteiger partial charge in [-0.1, -0.05) is 25.5 Å². The Morgan fingerprint density at radius 3 is 2.46 bits per heavy atom. The van der Waals surface area contributed by atoms with Crippen LogP contribution < -0.4 is 5.32 Å². The number of amides is 2. The van der Waals surface area contributed by atoms with E-state index in [0.29, 0.717) is 0 Å². The van der Waals surface area contributed by atoms with E-state index in [9.17, 15) is 19.5 Å². The van der Waals surface area contributed by atoms with Crippen molar-refractivity contribution < 1.29 is 24.2 Å². The van der Waals surface area contributed by atoms with Crippen molar-refractivity contribution in [1.82, 2.24) is 10.2 Å². The van der Waals surface area contributed by atoms with Gasteiger partial charge in [-0.3, -0.25) is 14.4 Å². The lowest BCUT2D eigenvalue weighted by Gasteiger charge is -2.34. The summed E-state index contributed by atoms with van der Waals surface area (Å²) in [5.74, 6) is -2.63. The number of nitrogens with zero attached hydrogens (tertiary/aromatic N) is 1. The van der Waals surface area contributed by atoms with Gasteiger partial charge in [0.15, 0.2) is 0 Å². The van der Waals surface area contributed by atoms with Gasteiger partial charge in [-0.2, -0.15) is 0 Å². The average molecular weight is 395 g/mol. The number of likely N-dealkylation sites (tertiary alicyclic amines) is 1. The Bertz CT molecular complexity index is 618. The summed E-state index contributed by atoms with van der Waals surface area (Å²) in [5.41, 5.74) is 0. The molecule has 0 aromatic carbocycles. The van der Waals surface area contributed by atoms with Gasteiger partial charge in [0.05, 0.1) is 31.1 Å². The molecular weight excluding hydrogens is 360 g/mol. The Morgan fingerprint density at radius 2 is 1.93 bits per heavy atom. The van der Waals surface area contributed by atoms with E-state index in [1.807, 2.05) is 32.9 Å². The van der Waals surface area contributed by atoms with Crippen LogP contribution >= 0.6 is 0 Å². The van der Waals surface area contributed by atoms with E-state index < -0.39 is 29.8 Å². The number of rotatable bonds is 8. The second-order valence-electron chi connectivity index (χ2n) is 8.10. The summed E-state index contributed by atoms with van der Waals surface area (Å²) < 4.78 is 5.30. The summed E-state index contributed by atoms with van der Waals surface area (Å²) in [6, 6.07) is -1.33. The van der Waals surface area contributed by atoms with Crippen molar-refractivity contribution in [3.8, 4) is 0 Å². The molecule has 6 atom stereocenters. The van der Waals surface area contributed by atoms with E-state index in [0.717, 1.165) is 12.8 Å². The molecular formula is C21H34N2O5. The Kier molecular flexibility index (Phi) is 7.63. The standard InChI is InChI=1S/C21H34N2O5/c1-6-8-14-9-10-15-17(16(14)21(27)28-7-2)20(26)23(13(5)11-24)18(15)19(25)22-12(3)4/h9-10,12-18,24H,6-8,11H2,1-5H3,(H,22,25)/t13-,14-,15+,16-,17+,18+/m1/s1. The van der Waals surface area contributed by atoms with E-state index in [4.69, 9.17) is 4.74 Å². The van der Waals surface area contributed by atoms with Gasteiger partial charge in [-0.25, -0.2) is 0 Å². The largest absolute Gasteiger partial charge is 0.466 e. The van der Waals surface area contributed by atoms with Crippen molar-refractivity contribution in [2.45, 2.75) is 65.6 Å². The number of fused-ring (bicyclic) bond motifs is 1. The molecule has 1 heterocycles. The molecule has 158 valence electrons. The monoisotopic (exact) mass is 394 g/mol. The highest BCUT2D eigenvalue weighted by Crippen LogP contribution is 2.46. The van der Waals surface area contributed by atoms with Gasteiger partial charge in [-0.05, 0) is 40.0 Å². The van der Waals surface area contributed by atoms with Crippen LogP contribution in [0.25, 0.3) is 0 Å². The first-order valence-electron chi connectivity index (χ1n) is 10.4. The van der Waals surface area contributed by atoms with Gasteiger partial charge < -0.3 is 20.1 Å². The van der Waals surface area contributed by atoms with E-state index in [-0.39, 0.29) is 43.0 Å². The van der Waals surface area contributed by atoms with Gasteiger partial charge >= 0.3 is 5.97 Å². The zero-order valence-corrected chi connectivity index (χ0v) is 17.6. The second-order valence-corrected chi connectivity index (χ2v) is 8.10. The molecule has 7 nitrogen and oxygen atoms in total. The number of hydrogen-bond acceptors (Lipinski definition) is 5. The molecule has 2 aliphatic rings. The fraction of sp³-hybridized carbons (Fsp3) is 0.762. The lowest BCUT2D eigenvalue weighted by molar-refractivity contribution is -0.156. The average Bonchev–Trinajstić information content (AvgIpc) is 2.93. The molecule has 1 aliphatic carbocycles. The lowest BCUT2D eigenvalue weighted by atomic mass is 9.69. The second kappa shape index (κ2) is 9.54. The minimum atomic E-state index is -0.738. The Hall–Kier alpha value is -1.89. The summed E-state index contributed by atoms with van der Waals surface area (Å²) in [5, 5.41) is 12.6. The summed E-state index contributed by atoms with van der Waals surface area (Å²) in [4.78, 5) is 40.6. The molecule has 2 amide bonds. The predicted octanol–water partition coefficient (Wildman–Crippen LogP) is 1.50. The first kappa shape index (κ1) is 22.4. The minimum absolute atomic E-state index is 0.0748. The fourth-order valence-corrected chi connectivity index (χ4v) is 4.55. The molecule has 28 heavy (non-hydrogen) atoms. The molecule has 0 bridgehead atoms. The van der Waals surface area contributed by atoms with Gasteiger partial charge in [-0.15, -0.1) is 0 Å². The lowest BCUT2D eigenvalue weighted by Crippen LogP contribution is -2.52. The van der Waals surface area contributed by atoms with Crippen LogP contribution in [0.1, 0.15) is 47.5 Å². The Balaban J connectivity index is 2.49. The highest BCUT2D eigenvalue weighted by atomic mass is 16.5. The Labute approximate surface area is 167 Å². The van der Waals surface area contributed by atoms with Gasteiger partial charge in [0.25, 0.3) is 0 Å². The maximum atomic E-state index is 13.4. The number of ether oxygens (including phenoxy) is 1. The molecule has 2 rings (SSSR count).